The molecule has 0 bridgehead atoms. The minimum Gasteiger partial charge on any atom is -0.348 e. The van der Waals surface area contributed by atoms with Crippen molar-refractivity contribution in [1.82, 2.24) is 30.3 Å². The van der Waals surface area contributed by atoms with Crippen LogP contribution < -0.4 is 5.32 Å². The van der Waals surface area contributed by atoms with Gasteiger partial charge in [0.1, 0.15) is 17.3 Å². The van der Waals surface area contributed by atoms with Gasteiger partial charge < -0.3 is 10.2 Å². The molecular formula is C31H32F4N6O2. The molecule has 1 aliphatic heterocycles. The highest BCUT2D eigenvalue weighted by atomic mass is 19.3. The van der Waals surface area contributed by atoms with Gasteiger partial charge in [0.2, 0.25) is 5.91 Å². The van der Waals surface area contributed by atoms with Gasteiger partial charge in [0.05, 0.1) is 24.6 Å². The van der Waals surface area contributed by atoms with Gasteiger partial charge in [-0.25, -0.2) is 17.6 Å². The summed E-state index contributed by atoms with van der Waals surface area (Å²) in [6.45, 7) is 3.56. The molecule has 3 heterocycles. The second-order valence-electron chi connectivity index (χ2n) is 11.0. The summed E-state index contributed by atoms with van der Waals surface area (Å²) in [6.07, 6.45) is 2.12. The SMILES string of the molecule is CCC(CN(Cc1c(F)cccc1F)C(C)C(=O)N1CC(F)(F)C1)NC(=O)c1ccc2[nH]nc(-c3ccnc(C)c3)c2c1. The van der Waals surface area contributed by atoms with Crippen LogP contribution in [-0.4, -0.2) is 74.4 Å². The van der Waals surface area contributed by atoms with Crippen LogP contribution in [0.2, 0.25) is 0 Å². The molecule has 2 unspecified atom stereocenters. The average Bonchev–Trinajstić information content (AvgIpc) is 3.39. The molecule has 4 aromatic rings. The fourth-order valence-corrected chi connectivity index (χ4v) is 5.23. The Balaban J connectivity index is 1.37. The number of pyridine rings is 1. The summed E-state index contributed by atoms with van der Waals surface area (Å²) in [5.74, 6) is -5.49. The van der Waals surface area contributed by atoms with Crippen LogP contribution in [-0.2, 0) is 11.3 Å². The predicted octanol–water partition coefficient (Wildman–Crippen LogP) is 5.09. The van der Waals surface area contributed by atoms with Crippen LogP contribution in [0.15, 0.2) is 54.7 Å². The lowest BCUT2D eigenvalue weighted by molar-refractivity contribution is -0.170. The number of aryl methyl sites for hydroxylation is 1. The van der Waals surface area contributed by atoms with Crippen molar-refractivity contribution in [3.63, 3.8) is 0 Å². The molecule has 1 fully saturated rings. The van der Waals surface area contributed by atoms with E-state index < -0.39 is 48.6 Å². The maximum atomic E-state index is 14.6. The van der Waals surface area contributed by atoms with Gasteiger partial charge >= 0.3 is 0 Å². The first kappa shape index (κ1) is 30.1. The molecule has 0 spiro atoms. The Hall–Kier alpha value is -4.32. The van der Waals surface area contributed by atoms with Gasteiger partial charge in [-0.05, 0) is 62.7 Å². The molecular weight excluding hydrogens is 564 g/mol. The molecule has 2 atom stereocenters. The molecule has 0 radical (unpaired) electrons. The normalized spacial score (nSPS) is 15.8. The van der Waals surface area contributed by atoms with Crippen LogP contribution in [0.5, 0.6) is 0 Å². The largest absolute Gasteiger partial charge is 0.348 e. The quantitative estimate of drug-likeness (QED) is 0.249. The van der Waals surface area contributed by atoms with Crippen molar-refractivity contribution in [3.05, 3.63) is 83.2 Å². The Kier molecular flexibility index (Phi) is 8.50. The summed E-state index contributed by atoms with van der Waals surface area (Å²) in [6, 6.07) is 10.8. The molecule has 1 saturated heterocycles. The third-order valence-corrected chi connectivity index (χ3v) is 7.76. The van der Waals surface area contributed by atoms with Crippen LogP contribution in [0.1, 0.15) is 41.9 Å². The molecule has 0 saturated carbocycles. The van der Waals surface area contributed by atoms with E-state index in [0.29, 0.717) is 17.7 Å². The predicted molar refractivity (Wildman–Crippen MR) is 153 cm³/mol. The maximum absolute atomic E-state index is 14.6. The zero-order chi connectivity index (χ0) is 30.9. The van der Waals surface area contributed by atoms with E-state index >= 15 is 0 Å². The van der Waals surface area contributed by atoms with Crippen LogP contribution in [0.25, 0.3) is 22.2 Å². The number of benzene rings is 2. The van der Waals surface area contributed by atoms with E-state index in [2.05, 4.69) is 20.5 Å². The van der Waals surface area contributed by atoms with Crippen LogP contribution in [0, 0.1) is 18.6 Å². The summed E-state index contributed by atoms with van der Waals surface area (Å²) in [5, 5.41) is 11.1. The zero-order valence-electron chi connectivity index (χ0n) is 24.0. The summed E-state index contributed by atoms with van der Waals surface area (Å²) >= 11 is 0. The smallest absolute Gasteiger partial charge is 0.282 e. The van der Waals surface area contributed by atoms with Crippen molar-refractivity contribution >= 4 is 22.7 Å². The zero-order valence-corrected chi connectivity index (χ0v) is 24.0. The Morgan fingerprint density at radius 3 is 2.49 bits per heavy atom. The number of H-pyrrole nitrogens is 1. The number of carbonyl (C=O) groups excluding carboxylic acids is 2. The van der Waals surface area contributed by atoms with Gasteiger partial charge in [-0.3, -0.25) is 24.6 Å². The van der Waals surface area contributed by atoms with E-state index in [1.165, 1.54) is 17.9 Å². The van der Waals surface area contributed by atoms with Crippen LogP contribution in [0.3, 0.4) is 0 Å². The number of likely N-dealkylation sites (tertiary alicyclic amines) is 1. The van der Waals surface area contributed by atoms with Gasteiger partial charge in [-0.15, -0.1) is 0 Å². The Morgan fingerprint density at radius 1 is 1.12 bits per heavy atom. The fraction of sp³-hybridized carbons (Fsp3) is 0.355. The van der Waals surface area contributed by atoms with E-state index in [-0.39, 0.29) is 24.6 Å². The Morgan fingerprint density at radius 2 is 1.84 bits per heavy atom. The minimum absolute atomic E-state index is 0.0443. The number of carbonyl (C=O) groups is 2. The lowest BCUT2D eigenvalue weighted by Gasteiger charge is -2.42. The number of alkyl halides is 2. The third-order valence-electron chi connectivity index (χ3n) is 7.76. The van der Waals surface area contributed by atoms with Gasteiger partial charge in [-0.1, -0.05) is 13.0 Å². The van der Waals surface area contributed by atoms with Crippen LogP contribution >= 0.6 is 0 Å². The monoisotopic (exact) mass is 596 g/mol. The molecule has 8 nitrogen and oxygen atoms in total. The molecule has 2 amide bonds. The summed E-state index contributed by atoms with van der Waals surface area (Å²) in [7, 11) is 0. The standard InChI is InChI=1S/C31H32F4N6O2/c1-4-22(37-29(42)21-8-9-27-23(13-21)28(39-38-27)20-10-11-36-18(2)12-20)14-40(15-24-25(32)6-5-7-26(24)33)19(3)30(43)41-16-31(34,35)17-41/h5-13,19,22H,4,14-17H2,1-3H3,(H,37,42)(H,38,39). The van der Waals surface area contributed by atoms with Gasteiger partial charge in [0, 0.05) is 53.1 Å². The number of aromatic nitrogens is 3. The first-order chi connectivity index (χ1) is 20.5. The molecule has 0 aliphatic carbocycles. The van der Waals surface area contributed by atoms with Crippen LogP contribution in [0.4, 0.5) is 17.6 Å². The number of hydrogen-bond donors (Lipinski definition) is 2. The number of hydrogen-bond acceptors (Lipinski definition) is 5. The average molecular weight is 597 g/mol. The topological polar surface area (TPSA) is 94.2 Å². The van der Waals surface area contributed by atoms with E-state index in [9.17, 15) is 27.2 Å². The minimum atomic E-state index is -2.95. The molecule has 12 heteroatoms. The maximum Gasteiger partial charge on any atom is 0.282 e. The highest BCUT2D eigenvalue weighted by Gasteiger charge is 2.47. The highest BCUT2D eigenvalue weighted by molar-refractivity contribution is 6.01. The summed E-state index contributed by atoms with van der Waals surface area (Å²) in [4.78, 5) is 33.2. The number of rotatable bonds is 10. The summed E-state index contributed by atoms with van der Waals surface area (Å²) < 4.78 is 56.2. The molecule has 226 valence electrons. The number of fused-ring (bicyclic) bond motifs is 1. The number of halogens is 4. The Bertz CT molecular complexity index is 1630. The summed E-state index contributed by atoms with van der Waals surface area (Å²) in [5.41, 5.74) is 3.21. The van der Waals surface area contributed by atoms with Crippen molar-refractivity contribution < 1.29 is 27.2 Å². The number of nitrogens with zero attached hydrogens (tertiary/aromatic N) is 4. The van der Waals surface area contributed by atoms with E-state index in [0.717, 1.165) is 39.2 Å². The van der Waals surface area contributed by atoms with Crippen molar-refractivity contribution in [2.45, 2.75) is 51.7 Å². The molecule has 2 N–H and O–H groups in total. The lowest BCUT2D eigenvalue weighted by Crippen LogP contribution is -2.62. The fourth-order valence-electron chi connectivity index (χ4n) is 5.23. The third kappa shape index (κ3) is 6.53. The van der Waals surface area contributed by atoms with Gasteiger partial charge in [-0.2, -0.15) is 5.10 Å². The second kappa shape index (κ2) is 12.1. The van der Waals surface area contributed by atoms with Crippen molar-refractivity contribution in [1.29, 1.82) is 0 Å². The molecule has 1 aliphatic rings. The van der Waals surface area contributed by atoms with Gasteiger partial charge in [0.25, 0.3) is 11.8 Å². The number of aromatic amines is 1. The van der Waals surface area contributed by atoms with Crippen molar-refractivity contribution in [2.75, 3.05) is 19.6 Å². The highest BCUT2D eigenvalue weighted by Crippen LogP contribution is 2.29. The Labute approximate surface area is 246 Å². The van der Waals surface area contributed by atoms with E-state index in [1.54, 1.807) is 24.4 Å². The van der Waals surface area contributed by atoms with E-state index in [1.807, 2.05) is 26.0 Å². The first-order valence-corrected chi connectivity index (χ1v) is 14.0. The number of amides is 2. The lowest BCUT2D eigenvalue weighted by atomic mass is 10.0. The van der Waals surface area contributed by atoms with Crippen molar-refractivity contribution in [2.24, 2.45) is 0 Å². The molecule has 43 heavy (non-hydrogen) atoms. The van der Waals surface area contributed by atoms with Crippen molar-refractivity contribution in [3.8, 4) is 11.3 Å². The number of nitrogens with one attached hydrogen (secondary N) is 2. The molecule has 5 rings (SSSR count). The molecule has 2 aromatic carbocycles. The van der Waals surface area contributed by atoms with Gasteiger partial charge in [0.15, 0.2) is 0 Å². The van der Waals surface area contributed by atoms with E-state index in [4.69, 9.17) is 0 Å². The first-order valence-electron chi connectivity index (χ1n) is 14.0. The molecule has 2 aromatic heterocycles. The second-order valence-corrected chi connectivity index (χ2v) is 11.0.